The summed E-state index contributed by atoms with van der Waals surface area (Å²) in [6, 6.07) is 33.4. The van der Waals surface area contributed by atoms with E-state index in [2.05, 4.69) is 5.32 Å². The maximum Gasteiger partial charge on any atom is 0.217 e. The van der Waals surface area contributed by atoms with Crippen molar-refractivity contribution in [3.63, 3.8) is 0 Å². The third-order valence-corrected chi connectivity index (χ3v) is 7.97. The Labute approximate surface area is 263 Å². The van der Waals surface area contributed by atoms with Crippen molar-refractivity contribution in [2.45, 2.75) is 49.8 Å². The molecule has 4 aromatic carbocycles. The number of nitrogens with one attached hydrogen (secondary N) is 1. The van der Waals surface area contributed by atoms with E-state index in [1.165, 1.54) is 6.92 Å². The van der Waals surface area contributed by atoms with Crippen LogP contribution in [0.25, 0.3) is 0 Å². The average molecular weight is 614 g/mol. The summed E-state index contributed by atoms with van der Waals surface area (Å²) in [6.07, 6.45) is -4.84. The number of ether oxygens (including phenoxy) is 5. The van der Waals surface area contributed by atoms with E-state index in [1.807, 2.05) is 109 Å². The van der Waals surface area contributed by atoms with Gasteiger partial charge in [0.15, 0.2) is 6.29 Å². The van der Waals surface area contributed by atoms with Crippen molar-refractivity contribution in [1.29, 1.82) is 0 Å². The molecule has 0 aromatic heterocycles. The molecule has 9 nitrogen and oxygen atoms in total. The molecule has 1 aliphatic heterocycles. The molecule has 5 rings (SSSR count). The molecule has 1 saturated heterocycles. The van der Waals surface area contributed by atoms with Crippen LogP contribution >= 0.6 is 0 Å². The first-order chi connectivity index (χ1) is 21.8. The molecule has 45 heavy (non-hydrogen) atoms. The monoisotopic (exact) mass is 613 g/mol. The number of rotatable bonds is 12. The summed E-state index contributed by atoms with van der Waals surface area (Å²) >= 11 is 0. The van der Waals surface area contributed by atoms with Gasteiger partial charge in [-0.05, 0) is 46.5 Å². The van der Waals surface area contributed by atoms with E-state index in [9.17, 15) is 15.0 Å². The molecule has 0 spiro atoms. The summed E-state index contributed by atoms with van der Waals surface area (Å²) in [5.74, 6) is 0.985. The molecule has 1 heterocycles. The second kappa shape index (κ2) is 14.7. The zero-order valence-electron chi connectivity index (χ0n) is 25.5. The lowest BCUT2D eigenvalue weighted by atomic mass is 9.80. The maximum absolute atomic E-state index is 12.0. The number of aliphatic hydroxyl groups excluding tert-OH is 2. The predicted molar refractivity (Wildman–Crippen MR) is 168 cm³/mol. The van der Waals surface area contributed by atoms with Gasteiger partial charge in [-0.15, -0.1) is 0 Å². The van der Waals surface area contributed by atoms with Gasteiger partial charge in [0.1, 0.15) is 41.5 Å². The maximum atomic E-state index is 12.0. The molecular formula is C36H39NO8. The van der Waals surface area contributed by atoms with Gasteiger partial charge in [-0.1, -0.05) is 84.9 Å². The van der Waals surface area contributed by atoms with E-state index >= 15 is 0 Å². The van der Waals surface area contributed by atoms with E-state index in [1.54, 1.807) is 14.2 Å². The Morgan fingerprint density at radius 1 is 0.756 bits per heavy atom. The first-order valence-corrected chi connectivity index (χ1v) is 14.8. The van der Waals surface area contributed by atoms with E-state index in [-0.39, 0.29) is 19.1 Å². The van der Waals surface area contributed by atoms with Gasteiger partial charge >= 0.3 is 0 Å². The Balaban J connectivity index is 1.51. The van der Waals surface area contributed by atoms with Crippen LogP contribution < -0.4 is 14.8 Å². The number of benzene rings is 4. The van der Waals surface area contributed by atoms with Crippen LogP contribution in [0.2, 0.25) is 0 Å². The molecular weight excluding hydrogens is 574 g/mol. The summed E-state index contributed by atoms with van der Waals surface area (Å²) in [7, 11) is 3.22. The zero-order valence-corrected chi connectivity index (χ0v) is 25.5. The molecule has 1 amide bonds. The predicted octanol–water partition coefficient (Wildman–Crippen LogP) is 4.18. The Morgan fingerprint density at radius 3 is 1.78 bits per heavy atom. The van der Waals surface area contributed by atoms with Crippen molar-refractivity contribution >= 4 is 5.91 Å². The van der Waals surface area contributed by atoms with Crippen molar-refractivity contribution in [3.05, 3.63) is 131 Å². The van der Waals surface area contributed by atoms with Crippen LogP contribution in [0.3, 0.4) is 0 Å². The minimum atomic E-state index is -1.39. The van der Waals surface area contributed by atoms with Gasteiger partial charge in [-0.25, -0.2) is 0 Å². The van der Waals surface area contributed by atoms with Crippen molar-refractivity contribution in [3.8, 4) is 11.5 Å². The Hall–Kier alpha value is -4.25. The summed E-state index contributed by atoms with van der Waals surface area (Å²) < 4.78 is 30.1. The average Bonchev–Trinajstić information content (AvgIpc) is 3.08. The van der Waals surface area contributed by atoms with Gasteiger partial charge in [0.25, 0.3) is 0 Å². The fourth-order valence-corrected chi connectivity index (χ4v) is 5.63. The van der Waals surface area contributed by atoms with Crippen LogP contribution in [0.1, 0.15) is 29.2 Å². The number of hydrogen-bond acceptors (Lipinski definition) is 8. The SMILES string of the molecule is COc1ccc(C(OCC2O[C@H](OCc3ccccc3)[C@@H](NC(C)=O)[C@@H](O)[C@H]2O)(c2ccccc2)c2ccc(OC)cc2)cc1. The van der Waals surface area contributed by atoms with Crippen molar-refractivity contribution in [2.24, 2.45) is 0 Å². The third kappa shape index (κ3) is 7.19. The minimum Gasteiger partial charge on any atom is -0.497 e. The lowest BCUT2D eigenvalue weighted by Gasteiger charge is -2.44. The lowest BCUT2D eigenvalue weighted by molar-refractivity contribution is -0.279. The topological polar surface area (TPSA) is 116 Å². The summed E-state index contributed by atoms with van der Waals surface area (Å²) in [4.78, 5) is 12.0. The van der Waals surface area contributed by atoms with Crippen LogP contribution in [0.15, 0.2) is 109 Å². The second-order valence-electron chi connectivity index (χ2n) is 10.9. The highest BCUT2D eigenvalue weighted by Crippen LogP contribution is 2.42. The fourth-order valence-electron chi connectivity index (χ4n) is 5.63. The van der Waals surface area contributed by atoms with E-state index < -0.39 is 36.2 Å². The number of amides is 1. The second-order valence-corrected chi connectivity index (χ2v) is 10.9. The van der Waals surface area contributed by atoms with Crippen molar-refractivity contribution in [2.75, 3.05) is 20.8 Å². The summed E-state index contributed by atoms with van der Waals surface area (Å²) in [5.41, 5.74) is 2.16. The molecule has 1 unspecified atom stereocenters. The smallest absolute Gasteiger partial charge is 0.217 e. The van der Waals surface area contributed by atoms with Crippen LogP contribution in [-0.4, -0.2) is 67.6 Å². The molecule has 9 heteroatoms. The molecule has 1 fully saturated rings. The van der Waals surface area contributed by atoms with E-state index in [4.69, 9.17) is 23.7 Å². The molecule has 4 aromatic rings. The highest BCUT2D eigenvalue weighted by atomic mass is 16.7. The first-order valence-electron chi connectivity index (χ1n) is 14.8. The van der Waals surface area contributed by atoms with Gasteiger partial charge < -0.3 is 39.2 Å². The number of carbonyl (C=O) groups excluding carboxylic acids is 1. The molecule has 1 aliphatic rings. The van der Waals surface area contributed by atoms with Crippen LogP contribution in [0.5, 0.6) is 11.5 Å². The Kier molecular flexibility index (Phi) is 10.5. The molecule has 0 aliphatic carbocycles. The van der Waals surface area contributed by atoms with Gasteiger partial charge in [-0.2, -0.15) is 0 Å². The summed E-state index contributed by atoms with van der Waals surface area (Å²) in [5, 5.41) is 25.2. The molecule has 3 N–H and O–H groups in total. The normalized spacial score (nSPS) is 21.6. The number of aliphatic hydroxyl groups is 2. The van der Waals surface area contributed by atoms with Crippen LogP contribution in [-0.2, 0) is 31.2 Å². The van der Waals surface area contributed by atoms with E-state index in [0.29, 0.717) is 11.5 Å². The van der Waals surface area contributed by atoms with Crippen molar-refractivity contribution < 1.29 is 38.7 Å². The van der Waals surface area contributed by atoms with Gasteiger partial charge in [-0.3, -0.25) is 4.79 Å². The highest BCUT2D eigenvalue weighted by Gasteiger charge is 2.47. The highest BCUT2D eigenvalue weighted by molar-refractivity contribution is 5.73. The van der Waals surface area contributed by atoms with E-state index in [0.717, 1.165) is 22.3 Å². The minimum absolute atomic E-state index is 0.136. The Bertz CT molecular complexity index is 1450. The molecule has 5 atom stereocenters. The number of carbonyl (C=O) groups is 1. The van der Waals surface area contributed by atoms with Crippen molar-refractivity contribution in [1.82, 2.24) is 5.32 Å². The van der Waals surface area contributed by atoms with Gasteiger partial charge in [0.05, 0.1) is 27.4 Å². The Morgan fingerprint density at radius 2 is 1.27 bits per heavy atom. The van der Waals surface area contributed by atoms with Crippen LogP contribution in [0.4, 0.5) is 0 Å². The largest absolute Gasteiger partial charge is 0.497 e. The standard InChI is InChI=1S/C36H39NO8/c1-24(38)37-32-34(40)33(39)31(45-35(32)43-22-25-10-6-4-7-11-25)23-44-36(26-12-8-5-9-13-26,27-14-18-29(41-2)19-15-27)28-16-20-30(42-3)21-17-28/h4-21,31-35,39-40H,22-23H2,1-3H3,(H,37,38)/t31?,32-,33-,34+,35-/m0/s1. The third-order valence-electron chi connectivity index (χ3n) is 7.97. The zero-order chi connectivity index (χ0) is 31.8. The van der Waals surface area contributed by atoms with Gasteiger partial charge in [0, 0.05) is 6.92 Å². The fraction of sp³-hybridized carbons (Fsp3) is 0.306. The van der Waals surface area contributed by atoms with Crippen LogP contribution in [0, 0.1) is 0 Å². The molecule has 0 saturated carbocycles. The lowest BCUT2D eigenvalue weighted by Crippen LogP contribution is -2.64. The summed E-state index contributed by atoms with van der Waals surface area (Å²) in [6.45, 7) is 1.37. The number of methoxy groups -OCH3 is 2. The number of hydrogen-bond donors (Lipinski definition) is 3. The first kappa shape index (κ1) is 32.2. The quantitative estimate of drug-likeness (QED) is 0.204. The molecule has 0 bridgehead atoms. The van der Waals surface area contributed by atoms with Gasteiger partial charge in [0.2, 0.25) is 5.91 Å². The molecule has 0 radical (unpaired) electrons. The molecule has 236 valence electrons.